The van der Waals surface area contributed by atoms with Gasteiger partial charge >= 0.3 is 5.97 Å². The first-order chi connectivity index (χ1) is 8.95. The minimum absolute atomic E-state index is 0.127. The number of carboxylic acid groups (broad SMARTS) is 1. The highest BCUT2D eigenvalue weighted by atomic mass is 16.4. The Morgan fingerprint density at radius 1 is 1.42 bits per heavy atom. The summed E-state index contributed by atoms with van der Waals surface area (Å²) in [6, 6.07) is 0. The zero-order valence-electron chi connectivity index (χ0n) is 11.1. The van der Waals surface area contributed by atoms with Crippen molar-refractivity contribution >= 4 is 17.8 Å². The van der Waals surface area contributed by atoms with Gasteiger partial charge in [0.25, 0.3) is 0 Å². The van der Waals surface area contributed by atoms with E-state index in [2.05, 4.69) is 5.32 Å². The van der Waals surface area contributed by atoms with Gasteiger partial charge in [0, 0.05) is 13.1 Å². The third kappa shape index (κ3) is 3.66. The number of rotatable bonds is 6. The molecule has 7 heteroatoms. The average molecular weight is 271 g/mol. The quantitative estimate of drug-likeness (QED) is 0.583. The van der Waals surface area contributed by atoms with Crippen LogP contribution in [0.3, 0.4) is 0 Å². The zero-order chi connectivity index (χ0) is 14.5. The summed E-state index contributed by atoms with van der Waals surface area (Å²) in [7, 11) is 0. The summed E-state index contributed by atoms with van der Waals surface area (Å²) in [5.74, 6) is -1.51. The van der Waals surface area contributed by atoms with Gasteiger partial charge in [-0.15, -0.1) is 0 Å². The Morgan fingerprint density at radius 2 is 2.11 bits per heavy atom. The molecule has 1 aliphatic rings. The van der Waals surface area contributed by atoms with E-state index in [4.69, 9.17) is 5.73 Å². The molecule has 0 aliphatic carbocycles. The lowest BCUT2D eigenvalue weighted by molar-refractivity contribution is -0.149. The first kappa shape index (κ1) is 15.4. The maximum Gasteiger partial charge on any atom is 0.311 e. The lowest BCUT2D eigenvalue weighted by Gasteiger charge is -2.24. The number of carboxylic acids is 1. The molecule has 0 radical (unpaired) electrons. The Hall–Kier alpha value is -1.63. The number of hydrogen-bond donors (Lipinski definition) is 3. The van der Waals surface area contributed by atoms with E-state index in [1.165, 1.54) is 4.90 Å². The molecule has 1 aliphatic heterocycles. The fourth-order valence-corrected chi connectivity index (χ4v) is 2.41. The van der Waals surface area contributed by atoms with Crippen LogP contribution in [0.4, 0.5) is 0 Å². The van der Waals surface area contributed by atoms with Crippen LogP contribution in [-0.2, 0) is 14.4 Å². The minimum Gasteiger partial charge on any atom is -0.481 e. The SMILES string of the molecule is CCCC1(C(=O)O)CCN(C(=O)CNC(=O)CN)C1. The Bertz CT molecular complexity index is 372. The number of carbonyl (C=O) groups is 3. The number of carbonyl (C=O) groups excluding carboxylic acids is 2. The van der Waals surface area contributed by atoms with Gasteiger partial charge in [0.2, 0.25) is 11.8 Å². The van der Waals surface area contributed by atoms with E-state index in [1.54, 1.807) is 0 Å². The van der Waals surface area contributed by atoms with Gasteiger partial charge < -0.3 is 21.1 Å². The molecule has 4 N–H and O–H groups in total. The number of amides is 2. The molecule has 1 unspecified atom stereocenters. The van der Waals surface area contributed by atoms with Crippen LogP contribution in [0.1, 0.15) is 26.2 Å². The molecule has 1 saturated heterocycles. The standard InChI is InChI=1S/C12H21N3O4/c1-2-3-12(11(18)19)4-5-15(8-12)10(17)7-14-9(16)6-13/h2-8,13H2,1H3,(H,14,16)(H,18,19). The lowest BCUT2D eigenvalue weighted by atomic mass is 9.83. The summed E-state index contributed by atoms with van der Waals surface area (Å²) >= 11 is 0. The molecule has 1 atom stereocenters. The number of hydrogen-bond acceptors (Lipinski definition) is 4. The maximum absolute atomic E-state index is 11.9. The smallest absolute Gasteiger partial charge is 0.311 e. The molecule has 0 aromatic carbocycles. The van der Waals surface area contributed by atoms with E-state index in [9.17, 15) is 19.5 Å². The van der Waals surface area contributed by atoms with Gasteiger partial charge in [0.15, 0.2) is 0 Å². The molecule has 0 bridgehead atoms. The van der Waals surface area contributed by atoms with Crippen molar-refractivity contribution in [2.75, 3.05) is 26.2 Å². The normalized spacial score (nSPS) is 22.3. The highest BCUT2D eigenvalue weighted by Gasteiger charge is 2.45. The molecule has 7 nitrogen and oxygen atoms in total. The number of nitrogens with two attached hydrogens (primary N) is 1. The van der Waals surface area contributed by atoms with Gasteiger partial charge in [0.1, 0.15) is 0 Å². The summed E-state index contributed by atoms with van der Waals surface area (Å²) in [6.07, 6.45) is 1.78. The largest absolute Gasteiger partial charge is 0.481 e. The molecule has 1 rings (SSSR count). The van der Waals surface area contributed by atoms with Gasteiger partial charge in [-0.25, -0.2) is 0 Å². The van der Waals surface area contributed by atoms with Crippen LogP contribution in [0.2, 0.25) is 0 Å². The van der Waals surface area contributed by atoms with Crippen LogP contribution in [0.5, 0.6) is 0 Å². The molecular weight excluding hydrogens is 250 g/mol. The van der Waals surface area contributed by atoms with Crippen LogP contribution < -0.4 is 11.1 Å². The Labute approximate surface area is 112 Å². The fraction of sp³-hybridized carbons (Fsp3) is 0.750. The second-order valence-electron chi connectivity index (χ2n) is 4.88. The van der Waals surface area contributed by atoms with Crippen molar-refractivity contribution < 1.29 is 19.5 Å². The van der Waals surface area contributed by atoms with Crippen LogP contribution in [-0.4, -0.2) is 54.0 Å². The van der Waals surface area contributed by atoms with Gasteiger partial charge in [-0.3, -0.25) is 14.4 Å². The highest BCUT2D eigenvalue weighted by Crippen LogP contribution is 2.35. The van der Waals surface area contributed by atoms with Gasteiger partial charge in [-0.1, -0.05) is 13.3 Å². The Morgan fingerprint density at radius 3 is 2.63 bits per heavy atom. The van der Waals surface area contributed by atoms with Crippen molar-refractivity contribution in [3.8, 4) is 0 Å². The summed E-state index contributed by atoms with van der Waals surface area (Å²) in [4.78, 5) is 35.7. The van der Waals surface area contributed by atoms with Crippen LogP contribution in [0.15, 0.2) is 0 Å². The second-order valence-corrected chi connectivity index (χ2v) is 4.88. The maximum atomic E-state index is 11.9. The van der Waals surface area contributed by atoms with E-state index < -0.39 is 17.3 Å². The summed E-state index contributed by atoms with van der Waals surface area (Å²) in [6.45, 7) is 2.27. The lowest BCUT2D eigenvalue weighted by Crippen LogP contribution is -2.42. The molecule has 1 heterocycles. The summed E-state index contributed by atoms with van der Waals surface area (Å²) in [5.41, 5.74) is 4.29. The predicted octanol–water partition coefficient (Wildman–Crippen LogP) is -0.835. The predicted molar refractivity (Wildman–Crippen MR) is 68.2 cm³/mol. The third-order valence-corrected chi connectivity index (χ3v) is 3.51. The van der Waals surface area contributed by atoms with E-state index in [1.807, 2.05) is 6.92 Å². The van der Waals surface area contributed by atoms with Crippen molar-refractivity contribution in [1.82, 2.24) is 10.2 Å². The number of nitrogens with one attached hydrogen (secondary N) is 1. The van der Waals surface area contributed by atoms with Crippen LogP contribution in [0.25, 0.3) is 0 Å². The summed E-state index contributed by atoms with van der Waals surface area (Å²) in [5, 5.41) is 11.7. The topological polar surface area (TPSA) is 113 Å². The first-order valence-electron chi connectivity index (χ1n) is 6.43. The van der Waals surface area contributed by atoms with E-state index in [0.717, 1.165) is 6.42 Å². The molecule has 0 aromatic heterocycles. The number of likely N-dealkylation sites (tertiary alicyclic amines) is 1. The average Bonchev–Trinajstić information content (AvgIpc) is 2.81. The molecule has 1 fully saturated rings. The number of aliphatic carboxylic acids is 1. The fourth-order valence-electron chi connectivity index (χ4n) is 2.41. The van der Waals surface area contributed by atoms with E-state index >= 15 is 0 Å². The molecular formula is C12H21N3O4. The third-order valence-electron chi connectivity index (χ3n) is 3.51. The van der Waals surface area contributed by atoms with Gasteiger partial charge in [-0.2, -0.15) is 0 Å². The molecule has 19 heavy (non-hydrogen) atoms. The van der Waals surface area contributed by atoms with Crippen LogP contribution >= 0.6 is 0 Å². The van der Waals surface area contributed by atoms with Gasteiger partial charge in [0.05, 0.1) is 18.5 Å². The summed E-state index contributed by atoms with van der Waals surface area (Å²) < 4.78 is 0. The minimum atomic E-state index is -0.851. The molecule has 108 valence electrons. The van der Waals surface area contributed by atoms with Gasteiger partial charge in [-0.05, 0) is 12.8 Å². The van der Waals surface area contributed by atoms with E-state index in [-0.39, 0.29) is 25.5 Å². The van der Waals surface area contributed by atoms with Crippen molar-refractivity contribution in [2.45, 2.75) is 26.2 Å². The highest BCUT2D eigenvalue weighted by molar-refractivity contribution is 5.86. The van der Waals surface area contributed by atoms with Crippen molar-refractivity contribution in [3.63, 3.8) is 0 Å². The Balaban J connectivity index is 2.56. The molecule has 2 amide bonds. The molecule has 0 spiro atoms. The van der Waals surface area contributed by atoms with Crippen molar-refractivity contribution in [1.29, 1.82) is 0 Å². The monoisotopic (exact) mass is 271 g/mol. The molecule has 0 saturated carbocycles. The second kappa shape index (κ2) is 6.51. The zero-order valence-corrected chi connectivity index (χ0v) is 11.1. The van der Waals surface area contributed by atoms with Crippen molar-refractivity contribution in [2.24, 2.45) is 11.1 Å². The first-order valence-corrected chi connectivity index (χ1v) is 6.43. The van der Waals surface area contributed by atoms with Crippen molar-refractivity contribution in [3.05, 3.63) is 0 Å². The Kier molecular flexibility index (Phi) is 5.29. The van der Waals surface area contributed by atoms with E-state index in [0.29, 0.717) is 19.4 Å². The van der Waals surface area contributed by atoms with Crippen LogP contribution in [0, 0.1) is 5.41 Å². The molecule has 0 aromatic rings. The number of nitrogens with zero attached hydrogens (tertiary/aromatic N) is 1.